The van der Waals surface area contributed by atoms with Gasteiger partial charge in [0.1, 0.15) is 5.82 Å². The Kier molecular flexibility index (Phi) is 10.3. The quantitative estimate of drug-likeness (QED) is 0.296. The smallest absolute Gasteiger partial charge is 0.191 e. The molecule has 10 heteroatoms. The zero-order valence-corrected chi connectivity index (χ0v) is 21.8. The Balaban J connectivity index is 0.00000450. The van der Waals surface area contributed by atoms with Crippen LogP contribution in [-0.2, 0) is 20.0 Å². The second kappa shape index (κ2) is 11.3. The van der Waals surface area contributed by atoms with E-state index in [1.807, 2.05) is 20.8 Å². The molecule has 1 heterocycles. The van der Waals surface area contributed by atoms with Crippen molar-refractivity contribution in [1.82, 2.24) is 10.6 Å². The highest BCUT2D eigenvalue weighted by molar-refractivity contribution is 14.0. The molecule has 0 atom stereocenters. The number of benzene rings is 1. The molecule has 6 nitrogen and oxygen atoms in total. The lowest BCUT2D eigenvalue weighted by atomic mass is 9.84. The van der Waals surface area contributed by atoms with Crippen LogP contribution in [0, 0.1) is 5.82 Å². The summed E-state index contributed by atoms with van der Waals surface area (Å²) in [5, 5.41) is 6.72. The molecule has 1 aliphatic heterocycles. The summed E-state index contributed by atoms with van der Waals surface area (Å²) in [6.07, 6.45) is 2.19. The van der Waals surface area contributed by atoms with Crippen molar-refractivity contribution in [2.75, 3.05) is 39.1 Å². The molecule has 1 aliphatic rings. The fraction of sp³-hybridized carbons (Fsp3) is 0.650. The molecule has 1 fully saturated rings. The maximum absolute atomic E-state index is 13.4. The van der Waals surface area contributed by atoms with Gasteiger partial charge in [-0.15, -0.1) is 24.0 Å². The number of halogens is 3. The zero-order valence-electron chi connectivity index (χ0n) is 17.9. The minimum absolute atomic E-state index is 0. The van der Waals surface area contributed by atoms with E-state index in [0.717, 1.165) is 5.56 Å². The number of ether oxygens (including phenoxy) is 1. The van der Waals surface area contributed by atoms with Crippen LogP contribution in [0.1, 0.15) is 39.2 Å². The van der Waals surface area contributed by atoms with Crippen molar-refractivity contribution in [2.24, 2.45) is 4.99 Å². The third-order valence-electron chi connectivity index (χ3n) is 5.41. The summed E-state index contributed by atoms with van der Waals surface area (Å²) in [4.78, 5) is 4.64. The van der Waals surface area contributed by atoms with Crippen molar-refractivity contribution in [3.63, 3.8) is 0 Å². The summed E-state index contributed by atoms with van der Waals surface area (Å²) >= 11 is 6.22. The molecular formula is C20H32ClFIN3O3S. The maximum atomic E-state index is 13.4. The van der Waals surface area contributed by atoms with Crippen molar-refractivity contribution < 1.29 is 17.5 Å². The first-order chi connectivity index (χ1) is 13.5. The van der Waals surface area contributed by atoms with E-state index in [9.17, 15) is 12.8 Å². The van der Waals surface area contributed by atoms with Crippen LogP contribution in [0.3, 0.4) is 0 Å². The molecule has 0 bridgehead atoms. The molecule has 1 saturated heterocycles. The first kappa shape index (κ1) is 27.4. The number of nitrogens with zero attached hydrogens (tertiary/aromatic N) is 1. The molecule has 172 valence electrons. The molecule has 1 aromatic carbocycles. The summed E-state index contributed by atoms with van der Waals surface area (Å²) in [7, 11) is -3.27. The van der Waals surface area contributed by atoms with Crippen LogP contribution in [0.5, 0.6) is 0 Å². The van der Waals surface area contributed by atoms with Crippen molar-refractivity contribution >= 4 is 51.4 Å². The molecule has 0 saturated carbocycles. The highest BCUT2D eigenvalue weighted by Gasteiger charge is 2.42. The Labute approximate surface area is 201 Å². The van der Waals surface area contributed by atoms with Crippen LogP contribution in [0.2, 0.25) is 5.02 Å². The van der Waals surface area contributed by atoms with E-state index in [2.05, 4.69) is 15.6 Å². The number of hydrogen-bond acceptors (Lipinski definition) is 4. The summed E-state index contributed by atoms with van der Waals surface area (Å²) in [5.41, 5.74) is 0.373. The molecule has 0 radical (unpaired) electrons. The molecule has 1 aromatic rings. The maximum Gasteiger partial charge on any atom is 0.191 e. The van der Waals surface area contributed by atoms with Crippen molar-refractivity contribution in [2.45, 2.75) is 43.8 Å². The topological polar surface area (TPSA) is 79.8 Å². The number of rotatable bonds is 7. The molecule has 2 rings (SSSR count). The van der Waals surface area contributed by atoms with E-state index < -0.39 is 20.0 Å². The predicted octanol–water partition coefficient (Wildman–Crippen LogP) is 3.52. The monoisotopic (exact) mass is 575 g/mol. The van der Waals surface area contributed by atoms with E-state index in [4.69, 9.17) is 16.3 Å². The average molecular weight is 576 g/mol. The largest absolute Gasteiger partial charge is 0.381 e. The van der Waals surface area contributed by atoms with Crippen molar-refractivity contribution in [3.05, 3.63) is 34.6 Å². The highest BCUT2D eigenvalue weighted by atomic mass is 127. The number of nitrogens with one attached hydrogen (secondary N) is 2. The summed E-state index contributed by atoms with van der Waals surface area (Å²) in [6.45, 7) is 8.06. The van der Waals surface area contributed by atoms with Crippen LogP contribution < -0.4 is 10.6 Å². The van der Waals surface area contributed by atoms with Gasteiger partial charge < -0.3 is 15.4 Å². The van der Waals surface area contributed by atoms with Crippen molar-refractivity contribution in [1.29, 1.82) is 0 Å². The molecule has 0 aromatic heterocycles. The van der Waals surface area contributed by atoms with E-state index in [-0.39, 0.29) is 36.3 Å². The van der Waals surface area contributed by atoms with E-state index in [0.29, 0.717) is 50.1 Å². The SMILES string of the molecule is CCNC(=NCC(C)(C)c1ccc(F)cc1Cl)NCC1(S(C)(=O)=O)CCOCC1.I. The zero-order chi connectivity index (χ0) is 21.7. The Morgan fingerprint density at radius 2 is 1.93 bits per heavy atom. The fourth-order valence-electron chi connectivity index (χ4n) is 3.41. The first-order valence-corrected chi connectivity index (χ1v) is 12.0. The van der Waals surface area contributed by atoms with Gasteiger partial charge in [-0.2, -0.15) is 0 Å². The Morgan fingerprint density at radius 1 is 1.30 bits per heavy atom. The van der Waals surface area contributed by atoms with Gasteiger partial charge in [0, 0.05) is 43.0 Å². The van der Waals surface area contributed by atoms with Gasteiger partial charge in [-0.3, -0.25) is 4.99 Å². The molecule has 2 N–H and O–H groups in total. The third-order valence-corrected chi connectivity index (χ3v) is 7.84. The molecule has 0 unspecified atom stereocenters. The standard InChI is InChI=1S/C20H31ClFN3O3S.HI/c1-5-23-18(25-14-20(29(4,26)27)8-10-28-11-9-20)24-13-19(2,3)16-7-6-15(22)12-17(16)21;/h6-7,12H,5,8-11,13-14H2,1-4H3,(H2,23,24,25);1H. The third kappa shape index (κ3) is 6.93. The number of aliphatic imine (C=N–C) groups is 1. The van der Waals surface area contributed by atoms with E-state index >= 15 is 0 Å². The lowest BCUT2D eigenvalue weighted by Gasteiger charge is -2.36. The molecule has 0 aliphatic carbocycles. The minimum atomic E-state index is -3.27. The number of hydrogen-bond donors (Lipinski definition) is 2. The van der Waals surface area contributed by atoms with E-state index in [1.165, 1.54) is 18.4 Å². The van der Waals surface area contributed by atoms with Crippen molar-refractivity contribution in [3.8, 4) is 0 Å². The van der Waals surface area contributed by atoms with Crippen LogP contribution in [0.15, 0.2) is 23.2 Å². The van der Waals surface area contributed by atoms with Crippen LogP contribution >= 0.6 is 35.6 Å². The lowest BCUT2D eigenvalue weighted by Crippen LogP contribution is -2.53. The normalized spacial score (nSPS) is 17.2. The van der Waals surface area contributed by atoms with Crippen LogP contribution in [-0.4, -0.2) is 58.2 Å². The first-order valence-electron chi connectivity index (χ1n) is 9.76. The molecule has 0 spiro atoms. The summed E-state index contributed by atoms with van der Waals surface area (Å²) in [5.74, 6) is 0.156. The second-order valence-electron chi connectivity index (χ2n) is 8.12. The molecule has 30 heavy (non-hydrogen) atoms. The second-order valence-corrected chi connectivity index (χ2v) is 10.9. The molecular weight excluding hydrogens is 544 g/mol. The summed E-state index contributed by atoms with van der Waals surface area (Å²) < 4.78 is 42.8. The Hall–Kier alpha value is -0.650. The van der Waals surface area contributed by atoms with Gasteiger partial charge in [0.15, 0.2) is 15.8 Å². The highest BCUT2D eigenvalue weighted by Crippen LogP contribution is 2.31. The van der Waals surface area contributed by atoms with Crippen LogP contribution in [0.25, 0.3) is 0 Å². The number of sulfone groups is 1. The van der Waals surface area contributed by atoms with Gasteiger partial charge in [0.05, 0.1) is 11.3 Å². The van der Waals surface area contributed by atoms with Gasteiger partial charge in [-0.1, -0.05) is 31.5 Å². The molecule has 0 amide bonds. The lowest BCUT2D eigenvalue weighted by molar-refractivity contribution is 0.0756. The van der Waals surface area contributed by atoms with Gasteiger partial charge in [-0.05, 0) is 37.5 Å². The van der Waals surface area contributed by atoms with E-state index in [1.54, 1.807) is 6.07 Å². The summed E-state index contributed by atoms with van der Waals surface area (Å²) in [6, 6.07) is 4.36. The minimum Gasteiger partial charge on any atom is -0.381 e. The van der Waals surface area contributed by atoms with Crippen LogP contribution in [0.4, 0.5) is 4.39 Å². The van der Waals surface area contributed by atoms with Gasteiger partial charge >= 0.3 is 0 Å². The van der Waals surface area contributed by atoms with Gasteiger partial charge in [0.25, 0.3) is 0 Å². The predicted molar refractivity (Wildman–Crippen MR) is 131 cm³/mol. The fourth-order valence-corrected chi connectivity index (χ4v) is 5.07. The Bertz CT molecular complexity index is 844. The average Bonchev–Trinajstić information content (AvgIpc) is 2.63. The van der Waals surface area contributed by atoms with Gasteiger partial charge in [0.2, 0.25) is 0 Å². The number of guanidine groups is 1. The van der Waals surface area contributed by atoms with Gasteiger partial charge in [-0.25, -0.2) is 12.8 Å². The Morgan fingerprint density at radius 3 is 2.47 bits per heavy atom.